The zero-order chi connectivity index (χ0) is 15.5. The van der Waals surface area contributed by atoms with Gasteiger partial charge in [0.05, 0.1) is 17.0 Å². The first kappa shape index (κ1) is 15.4. The summed E-state index contributed by atoms with van der Waals surface area (Å²) in [6, 6.07) is 2.23. The predicted molar refractivity (Wildman–Crippen MR) is 85.8 cm³/mol. The molecule has 1 aliphatic heterocycles. The SMILES string of the molecule is Cc1nnc(SCc2csc(C3CCCO3)n2)c(C#N)c1C. The average Bonchev–Trinajstić information content (AvgIpc) is 3.19. The van der Waals surface area contributed by atoms with Gasteiger partial charge in [-0.15, -0.1) is 16.4 Å². The Labute approximate surface area is 137 Å². The summed E-state index contributed by atoms with van der Waals surface area (Å²) in [5.41, 5.74) is 3.32. The normalized spacial score (nSPS) is 17.6. The van der Waals surface area contributed by atoms with Crippen LogP contribution in [0.15, 0.2) is 10.4 Å². The van der Waals surface area contributed by atoms with Gasteiger partial charge in [-0.25, -0.2) is 4.98 Å². The summed E-state index contributed by atoms with van der Waals surface area (Å²) in [6.07, 6.45) is 2.33. The van der Waals surface area contributed by atoms with Crippen molar-refractivity contribution in [2.75, 3.05) is 6.61 Å². The minimum absolute atomic E-state index is 0.167. The molecule has 0 saturated carbocycles. The van der Waals surface area contributed by atoms with Gasteiger partial charge in [0.2, 0.25) is 0 Å². The molecule has 1 fully saturated rings. The highest BCUT2D eigenvalue weighted by atomic mass is 32.2. The van der Waals surface area contributed by atoms with Crippen molar-refractivity contribution < 1.29 is 4.74 Å². The van der Waals surface area contributed by atoms with Crippen LogP contribution < -0.4 is 0 Å². The standard InChI is InChI=1S/C15H16N4OS2/c1-9-10(2)18-19-14(12(9)6-16)21-7-11-8-22-15(17-11)13-4-3-5-20-13/h8,13H,3-5,7H2,1-2H3. The molecule has 1 saturated heterocycles. The fraction of sp³-hybridized carbons (Fsp3) is 0.467. The maximum Gasteiger partial charge on any atom is 0.137 e. The van der Waals surface area contributed by atoms with Crippen molar-refractivity contribution in [3.8, 4) is 6.07 Å². The lowest BCUT2D eigenvalue weighted by Crippen LogP contribution is -1.99. The lowest BCUT2D eigenvalue weighted by Gasteiger charge is -2.06. The van der Waals surface area contributed by atoms with E-state index in [2.05, 4.69) is 26.6 Å². The van der Waals surface area contributed by atoms with E-state index in [0.717, 1.165) is 41.4 Å². The molecule has 2 aromatic rings. The van der Waals surface area contributed by atoms with Gasteiger partial charge in [-0.05, 0) is 32.3 Å². The van der Waals surface area contributed by atoms with Gasteiger partial charge in [0, 0.05) is 17.7 Å². The number of nitrogens with zero attached hydrogens (tertiary/aromatic N) is 4. The predicted octanol–water partition coefficient (Wildman–Crippen LogP) is 3.57. The van der Waals surface area contributed by atoms with Gasteiger partial charge in [-0.2, -0.15) is 10.4 Å². The molecular weight excluding hydrogens is 316 g/mol. The van der Waals surface area contributed by atoms with E-state index in [4.69, 9.17) is 4.74 Å². The van der Waals surface area contributed by atoms with E-state index in [9.17, 15) is 5.26 Å². The maximum atomic E-state index is 9.31. The van der Waals surface area contributed by atoms with Crippen LogP contribution in [-0.4, -0.2) is 21.8 Å². The first-order valence-corrected chi connectivity index (χ1v) is 8.98. The molecular formula is C15H16N4OS2. The van der Waals surface area contributed by atoms with Gasteiger partial charge in [-0.1, -0.05) is 11.8 Å². The molecule has 22 heavy (non-hydrogen) atoms. The van der Waals surface area contributed by atoms with E-state index < -0.39 is 0 Å². The molecule has 2 aromatic heterocycles. The number of aromatic nitrogens is 3. The van der Waals surface area contributed by atoms with Crippen LogP contribution in [0, 0.1) is 25.2 Å². The van der Waals surface area contributed by atoms with Gasteiger partial charge in [-0.3, -0.25) is 0 Å². The number of hydrogen-bond acceptors (Lipinski definition) is 7. The molecule has 7 heteroatoms. The maximum absolute atomic E-state index is 9.31. The molecule has 1 aliphatic rings. The fourth-order valence-corrected chi connectivity index (χ4v) is 4.15. The molecule has 0 amide bonds. The van der Waals surface area contributed by atoms with E-state index in [1.54, 1.807) is 11.3 Å². The second-order valence-electron chi connectivity index (χ2n) is 5.17. The highest BCUT2D eigenvalue weighted by molar-refractivity contribution is 7.98. The third-order valence-corrected chi connectivity index (χ3v) is 5.65. The lowest BCUT2D eigenvalue weighted by molar-refractivity contribution is 0.111. The molecule has 3 rings (SSSR count). The van der Waals surface area contributed by atoms with Crippen LogP contribution in [-0.2, 0) is 10.5 Å². The van der Waals surface area contributed by atoms with Gasteiger partial charge in [0.1, 0.15) is 22.2 Å². The number of thioether (sulfide) groups is 1. The van der Waals surface area contributed by atoms with E-state index >= 15 is 0 Å². The number of aryl methyl sites for hydroxylation is 1. The zero-order valence-electron chi connectivity index (χ0n) is 12.5. The highest BCUT2D eigenvalue weighted by Crippen LogP contribution is 2.32. The van der Waals surface area contributed by atoms with Gasteiger partial charge in [0.25, 0.3) is 0 Å². The van der Waals surface area contributed by atoms with Crippen LogP contribution in [0.25, 0.3) is 0 Å². The smallest absolute Gasteiger partial charge is 0.137 e. The molecule has 114 valence electrons. The Balaban J connectivity index is 1.70. The Morgan fingerprint density at radius 2 is 2.32 bits per heavy atom. The first-order valence-electron chi connectivity index (χ1n) is 7.11. The summed E-state index contributed by atoms with van der Waals surface area (Å²) in [4.78, 5) is 4.64. The molecule has 3 heterocycles. The Hall–Kier alpha value is -1.49. The van der Waals surface area contributed by atoms with Crippen molar-refractivity contribution in [2.45, 2.75) is 43.6 Å². The molecule has 1 atom stereocenters. The summed E-state index contributed by atoms with van der Waals surface area (Å²) < 4.78 is 5.66. The monoisotopic (exact) mass is 332 g/mol. The number of thiazole rings is 1. The summed E-state index contributed by atoms with van der Waals surface area (Å²) in [6.45, 7) is 4.61. The topological polar surface area (TPSA) is 71.7 Å². The molecule has 1 unspecified atom stereocenters. The first-order chi connectivity index (χ1) is 10.7. The minimum Gasteiger partial charge on any atom is -0.371 e. The van der Waals surface area contributed by atoms with E-state index in [1.807, 2.05) is 13.8 Å². The quantitative estimate of drug-likeness (QED) is 0.797. The Morgan fingerprint density at radius 1 is 1.45 bits per heavy atom. The van der Waals surface area contributed by atoms with Crippen molar-refractivity contribution in [1.29, 1.82) is 5.26 Å². The molecule has 0 radical (unpaired) electrons. The lowest BCUT2D eigenvalue weighted by atomic mass is 10.1. The van der Waals surface area contributed by atoms with Gasteiger partial charge < -0.3 is 4.74 Å². The largest absolute Gasteiger partial charge is 0.371 e. The zero-order valence-corrected chi connectivity index (χ0v) is 14.1. The summed E-state index contributed by atoms with van der Waals surface area (Å²) in [5, 5.41) is 21.4. The molecule has 0 N–H and O–H groups in total. The minimum atomic E-state index is 0.167. The van der Waals surface area contributed by atoms with Crippen LogP contribution in [0.3, 0.4) is 0 Å². The van der Waals surface area contributed by atoms with Crippen molar-refractivity contribution in [3.63, 3.8) is 0 Å². The Bertz CT molecular complexity index is 717. The third-order valence-electron chi connectivity index (χ3n) is 3.67. The second kappa shape index (κ2) is 6.73. The second-order valence-corrected chi connectivity index (χ2v) is 7.02. The van der Waals surface area contributed by atoms with Crippen LogP contribution in [0.5, 0.6) is 0 Å². The number of ether oxygens (including phenoxy) is 1. The van der Waals surface area contributed by atoms with Crippen molar-refractivity contribution in [2.24, 2.45) is 0 Å². The molecule has 0 aliphatic carbocycles. The van der Waals surface area contributed by atoms with Gasteiger partial charge in [0.15, 0.2) is 0 Å². The Morgan fingerprint density at radius 3 is 3.05 bits per heavy atom. The summed E-state index contributed by atoms with van der Waals surface area (Å²) in [7, 11) is 0. The van der Waals surface area contributed by atoms with Crippen LogP contribution in [0.1, 0.15) is 46.5 Å². The van der Waals surface area contributed by atoms with Crippen molar-refractivity contribution in [3.05, 3.63) is 32.9 Å². The Kier molecular flexibility index (Phi) is 4.71. The molecule has 0 aromatic carbocycles. The van der Waals surface area contributed by atoms with Gasteiger partial charge >= 0.3 is 0 Å². The number of rotatable bonds is 4. The van der Waals surface area contributed by atoms with E-state index in [-0.39, 0.29) is 6.10 Å². The fourth-order valence-electron chi connectivity index (χ4n) is 2.27. The highest BCUT2D eigenvalue weighted by Gasteiger charge is 2.21. The van der Waals surface area contributed by atoms with Crippen LogP contribution in [0.2, 0.25) is 0 Å². The van der Waals surface area contributed by atoms with E-state index in [1.165, 1.54) is 11.8 Å². The van der Waals surface area contributed by atoms with Crippen molar-refractivity contribution >= 4 is 23.1 Å². The van der Waals surface area contributed by atoms with Crippen LogP contribution >= 0.6 is 23.1 Å². The molecule has 5 nitrogen and oxygen atoms in total. The van der Waals surface area contributed by atoms with Crippen molar-refractivity contribution in [1.82, 2.24) is 15.2 Å². The summed E-state index contributed by atoms with van der Waals surface area (Å²) in [5.74, 6) is 0.690. The number of nitriles is 1. The van der Waals surface area contributed by atoms with Crippen LogP contribution in [0.4, 0.5) is 0 Å². The third kappa shape index (κ3) is 3.14. The summed E-state index contributed by atoms with van der Waals surface area (Å²) >= 11 is 3.16. The van der Waals surface area contributed by atoms with E-state index in [0.29, 0.717) is 16.3 Å². The molecule has 0 bridgehead atoms. The number of hydrogen-bond donors (Lipinski definition) is 0. The average molecular weight is 332 g/mol. The molecule has 0 spiro atoms.